The molecule has 3 fully saturated rings. The summed E-state index contributed by atoms with van der Waals surface area (Å²) in [4.78, 5) is 30.0. The van der Waals surface area contributed by atoms with E-state index in [1.807, 2.05) is 25.9 Å². The zero-order chi connectivity index (χ0) is 39.7. The lowest BCUT2D eigenvalue weighted by Gasteiger charge is -2.49. The molecule has 0 bridgehead atoms. The number of likely N-dealkylation sites (N-methyl/N-ethyl adjacent to an activating group) is 1. The number of rotatable bonds is 8. The van der Waals surface area contributed by atoms with Crippen LogP contribution in [0.25, 0.3) is 0 Å². The van der Waals surface area contributed by atoms with Gasteiger partial charge in [-0.25, -0.2) is 0 Å². The average molecular weight is 748 g/mol. The Morgan fingerprint density at radius 1 is 0.885 bits per heavy atom. The number of carbonyl (C=O) groups is 2. The first-order valence-electron chi connectivity index (χ1n) is 19.1. The average Bonchev–Trinajstić information content (AvgIpc) is 3.08. The van der Waals surface area contributed by atoms with Gasteiger partial charge in [0.05, 0.1) is 47.6 Å². The maximum absolute atomic E-state index is 14.2. The van der Waals surface area contributed by atoms with Crippen molar-refractivity contribution in [3.63, 3.8) is 0 Å². The van der Waals surface area contributed by atoms with Crippen LogP contribution in [0.4, 0.5) is 0 Å². The molecule has 3 unspecified atom stereocenters. The number of hydrogen-bond acceptors (Lipinski definition) is 14. The van der Waals surface area contributed by atoms with E-state index in [0.29, 0.717) is 6.42 Å². The Kier molecular flexibility index (Phi) is 15.3. The van der Waals surface area contributed by atoms with Gasteiger partial charge >= 0.3 is 5.97 Å². The van der Waals surface area contributed by atoms with Crippen molar-refractivity contribution >= 4 is 11.8 Å². The number of Topliss-reactive ketones (excluding diaryl/α,β-unsaturated/α-hetero) is 1. The topological polar surface area (TPSA) is 194 Å². The van der Waals surface area contributed by atoms with Crippen LogP contribution in [-0.2, 0) is 38.0 Å². The van der Waals surface area contributed by atoms with E-state index in [4.69, 9.17) is 28.4 Å². The van der Waals surface area contributed by atoms with Gasteiger partial charge in [0.15, 0.2) is 12.6 Å². The fourth-order valence-corrected chi connectivity index (χ4v) is 8.70. The maximum atomic E-state index is 14.2. The Morgan fingerprint density at radius 2 is 1.50 bits per heavy atom. The highest BCUT2D eigenvalue weighted by Crippen LogP contribution is 2.41. The molecule has 14 heteroatoms. The second-order valence-electron chi connectivity index (χ2n) is 16.6. The highest BCUT2D eigenvalue weighted by molar-refractivity contribution is 5.83. The number of nitrogens with zero attached hydrogens (tertiary/aromatic N) is 1. The van der Waals surface area contributed by atoms with Gasteiger partial charge in [-0.2, -0.15) is 0 Å². The number of methoxy groups -OCH3 is 1. The Morgan fingerprint density at radius 3 is 2.04 bits per heavy atom. The Labute approximate surface area is 310 Å². The summed E-state index contributed by atoms with van der Waals surface area (Å²) in [5, 5.41) is 58.2. The van der Waals surface area contributed by atoms with Crippen molar-refractivity contribution in [3.05, 3.63) is 0 Å². The van der Waals surface area contributed by atoms with Crippen molar-refractivity contribution in [1.29, 1.82) is 0 Å². The van der Waals surface area contributed by atoms with Gasteiger partial charge in [-0.05, 0) is 74.4 Å². The summed E-state index contributed by atoms with van der Waals surface area (Å²) in [5.41, 5.74) is -4.80. The van der Waals surface area contributed by atoms with Crippen LogP contribution >= 0.6 is 0 Å². The van der Waals surface area contributed by atoms with Crippen LogP contribution in [0, 0.1) is 23.7 Å². The molecule has 3 rings (SSSR count). The number of carbonyl (C=O) groups excluding carboxylic acids is 2. The van der Waals surface area contributed by atoms with Crippen LogP contribution in [0.15, 0.2) is 0 Å². The van der Waals surface area contributed by atoms with Gasteiger partial charge in [-0.15, -0.1) is 0 Å². The molecule has 0 amide bonds. The summed E-state index contributed by atoms with van der Waals surface area (Å²) >= 11 is 0. The van der Waals surface area contributed by atoms with Crippen molar-refractivity contribution in [2.75, 3.05) is 21.2 Å². The molecule has 0 aromatic heterocycles. The van der Waals surface area contributed by atoms with E-state index < -0.39 is 108 Å². The molecule has 304 valence electrons. The number of cyclic esters (lactones) is 1. The van der Waals surface area contributed by atoms with Crippen LogP contribution in [0.2, 0.25) is 0 Å². The third kappa shape index (κ3) is 9.38. The summed E-state index contributed by atoms with van der Waals surface area (Å²) in [6, 6.07) is -0.324. The largest absolute Gasteiger partial charge is 0.459 e. The molecule has 52 heavy (non-hydrogen) atoms. The fourth-order valence-electron chi connectivity index (χ4n) is 8.70. The lowest BCUT2D eigenvalue weighted by Crippen LogP contribution is -2.61. The molecule has 3 heterocycles. The highest BCUT2D eigenvalue weighted by Gasteiger charge is 2.54. The van der Waals surface area contributed by atoms with Crippen LogP contribution in [0.5, 0.6) is 0 Å². The molecule has 3 saturated heterocycles. The van der Waals surface area contributed by atoms with Gasteiger partial charge in [-0.1, -0.05) is 34.6 Å². The minimum absolute atomic E-state index is 0.00783. The third-order valence-corrected chi connectivity index (χ3v) is 12.2. The predicted octanol–water partition coefficient (Wildman–Crippen LogP) is 2.18. The van der Waals surface area contributed by atoms with Gasteiger partial charge in [0.1, 0.15) is 29.7 Å². The number of esters is 1. The second kappa shape index (κ2) is 17.7. The third-order valence-electron chi connectivity index (χ3n) is 12.2. The van der Waals surface area contributed by atoms with Gasteiger partial charge < -0.3 is 58.9 Å². The van der Waals surface area contributed by atoms with E-state index in [9.17, 15) is 35.1 Å². The number of ketones is 1. The summed E-state index contributed by atoms with van der Waals surface area (Å²) in [5.74, 6) is -4.95. The SMILES string of the molecule is CC[C@H]1OC(=O)[C@H](C)C(OC2C[C@@](C)(OC)[C@@H](O)[C@H](C)O2)[C@H](C)[C@@H](OC2O[C@H](C)C[C@H](N(C)C)[C@H]2O)[C@](C)(O)C[C@@H](C)C(=O)[C@H](C)[C@@H](O)[C@@]1(O)CC. The van der Waals surface area contributed by atoms with E-state index in [1.54, 1.807) is 48.5 Å². The number of hydrogen-bond donors (Lipinski definition) is 5. The quantitative estimate of drug-likeness (QED) is 0.227. The van der Waals surface area contributed by atoms with E-state index in [1.165, 1.54) is 21.0 Å². The monoisotopic (exact) mass is 747 g/mol. The molecular weight excluding hydrogens is 678 g/mol. The van der Waals surface area contributed by atoms with Gasteiger partial charge in [-0.3, -0.25) is 9.59 Å². The fraction of sp³-hybridized carbons (Fsp3) is 0.947. The van der Waals surface area contributed by atoms with Crippen molar-refractivity contribution in [3.8, 4) is 0 Å². The molecule has 3 aliphatic heterocycles. The first-order chi connectivity index (χ1) is 24.0. The molecule has 0 radical (unpaired) electrons. The molecule has 18 atom stereocenters. The summed E-state index contributed by atoms with van der Waals surface area (Å²) in [7, 11) is 5.18. The van der Waals surface area contributed by atoms with Crippen LogP contribution in [0.3, 0.4) is 0 Å². The Bertz CT molecular complexity index is 1190. The lowest BCUT2D eigenvalue weighted by atomic mass is 9.73. The summed E-state index contributed by atoms with van der Waals surface area (Å²) in [6.07, 6.45) is -9.68. The van der Waals surface area contributed by atoms with E-state index in [2.05, 4.69) is 0 Å². The Balaban J connectivity index is 2.20. The zero-order valence-electron chi connectivity index (χ0n) is 33.6. The molecule has 0 spiro atoms. The molecule has 0 saturated carbocycles. The van der Waals surface area contributed by atoms with E-state index in [0.717, 1.165) is 0 Å². The molecule has 0 aliphatic carbocycles. The number of aliphatic hydroxyl groups is 5. The van der Waals surface area contributed by atoms with Crippen LogP contribution in [-0.4, -0.2) is 148 Å². The number of aliphatic hydroxyl groups excluding tert-OH is 3. The van der Waals surface area contributed by atoms with Crippen molar-refractivity contribution in [1.82, 2.24) is 4.90 Å². The first kappa shape index (κ1) is 45.1. The van der Waals surface area contributed by atoms with E-state index in [-0.39, 0.29) is 37.8 Å². The maximum Gasteiger partial charge on any atom is 0.311 e. The van der Waals surface area contributed by atoms with Crippen molar-refractivity contribution < 1.29 is 63.5 Å². The van der Waals surface area contributed by atoms with Crippen molar-refractivity contribution in [2.24, 2.45) is 23.7 Å². The Hall–Kier alpha value is -1.30. The second-order valence-corrected chi connectivity index (χ2v) is 16.6. The minimum atomic E-state index is -1.95. The molecule has 0 aromatic carbocycles. The summed E-state index contributed by atoms with van der Waals surface area (Å²) < 4.78 is 37.2. The molecule has 14 nitrogen and oxygen atoms in total. The first-order valence-corrected chi connectivity index (χ1v) is 19.1. The smallest absolute Gasteiger partial charge is 0.311 e. The number of ether oxygens (including phenoxy) is 6. The predicted molar refractivity (Wildman–Crippen MR) is 191 cm³/mol. The van der Waals surface area contributed by atoms with E-state index >= 15 is 0 Å². The van der Waals surface area contributed by atoms with Crippen LogP contribution < -0.4 is 0 Å². The van der Waals surface area contributed by atoms with Gasteiger partial charge in [0.25, 0.3) is 0 Å². The van der Waals surface area contributed by atoms with Gasteiger partial charge in [0, 0.05) is 37.3 Å². The molecule has 3 aliphatic rings. The lowest BCUT2D eigenvalue weighted by molar-refractivity contribution is -0.318. The minimum Gasteiger partial charge on any atom is -0.459 e. The molecule has 0 aromatic rings. The normalized spacial score (nSPS) is 49.0. The van der Waals surface area contributed by atoms with Crippen LogP contribution in [0.1, 0.15) is 101 Å². The van der Waals surface area contributed by atoms with Crippen molar-refractivity contribution in [2.45, 2.75) is 186 Å². The standard InChI is InChI=1S/C38H69NO13/c1-14-26-38(46,15-2)31(42)21(5)28(40)19(3)17-36(9,45)33(52-35-29(41)25(39(11)12)16-20(4)48-35)22(6)30(23(7)34(44)50-26)51-27-18-37(10,47-13)32(43)24(8)49-27/h19-27,29-33,35,41-43,45-46H,14-18H2,1-13H3/t19-,20-,21+,22+,23-,24+,25+,26-,27?,29-,30?,31-,32+,33-,35?,36-,37-,38-/m1/s1. The molecular formula is C38H69NO13. The molecule has 5 N–H and O–H groups in total. The summed E-state index contributed by atoms with van der Waals surface area (Å²) in [6.45, 7) is 16.7. The van der Waals surface area contributed by atoms with Gasteiger partial charge in [0.2, 0.25) is 0 Å². The highest BCUT2D eigenvalue weighted by atomic mass is 16.7. The zero-order valence-corrected chi connectivity index (χ0v) is 33.6.